The number of halogens is 1. The van der Waals surface area contributed by atoms with Crippen LogP contribution in [0.4, 0.5) is 0 Å². The van der Waals surface area contributed by atoms with Gasteiger partial charge in [-0.15, -0.1) is 12.4 Å². The van der Waals surface area contributed by atoms with Gasteiger partial charge in [-0.3, -0.25) is 4.99 Å². The Kier molecular flexibility index (Phi) is 4.15. The first-order valence-corrected chi connectivity index (χ1v) is 5.12. The van der Waals surface area contributed by atoms with Gasteiger partial charge >= 0.3 is 0 Å². The predicted molar refractivity (Wildman–Crippen MR) is 66.6 cm³/mol. The minimum atomic E-state index is 0. The lowest BCUT2D eigenvalue weighted by atomic mass is 9.96. The van der Waals surface area contributed by atoms with Gasteiger partial charge in [0, 0.05) is 6.42 Å². The Balaban J connectivity index is 0.00000112. The van der Waals surface area contributed by atoms with E-state index < -0.39 is 0 Å². The standard InChI is InChI=1S/C12H16N2.ClH/c1-9-7-12(13)14-11(9)8-10-5-3-2-4-6-10;/h2-6,9,11H,7-8H2,1H3,(H2,13,14);1H. The molecule has 82 valence electrons. The van der Waals surface area contributed by atoms with Crippen LogP contribution in [0.15, 0.2) is 35.3 Å². The maximum Gasteiger partial charge on any atom is 0.0944 e. The average molecular weight is 225 g/mol. The molecule has 0 amide bonds. The van der Waals surface area contributed by atoms with Crippen molar-refractivity contribution >= 4 is 18.2 Å². The van der Waals surface area contributed by atoms with Crippen LogP contribution in [-0.2, 0) is 6.42 Å². The van der Waals surface area contributed by atoms with Gasteiger partial charge in [0.05, 0.1) is 11.9 Å². The maximum atomic E-state index is 5.72. The highest BCUT2D eigenvalue weighted by atomic mass is 35.5. The summed E-state index contributed by atoms with van der Waals surface area (Å²) in [6.45, 7) is 2.22. The van der Waals surface area contributed by atoms with Crippen molar-refractivity contribution < 1.29 is 0 Å². The molecule has 1 heterocycles. The number of hydrogen-bond donors (Lipinski definition) is 1. The third kappa shape index (κ3) is 2.96. The second kappa shape index (κ2) is 5.17. The van der Waals surface area contributed by atoms with E-state index in [9.17, 15) is 0 Å². The molecule has 2 rings (SSSR count). The Morgan fingerprint density at radius 2 is 2.00 bits per heavy atom. The van der Waals surface area contributed by atoms with E-state index >= 15 is 0 Å². The molecule has 3 heteroatoms. The van der Waals surface area contributed by atoms with Crippen molar-refractivity contribution in [2.24, 2.45) is 16.6 Å². The summed E-state index contributed by atoms with van der Waals surface area (Å²) >= 11 is 0. The largest absolute Gasteiger partial charge is 0.387 e. The van der Waals surface area contributed by atoms with Gasteiger partial charge < -0.3 is 5.73 Å². The number of amidine groups is 1. The fourth-order valence-corrected chi connectivity index (χ4v) is 1.96. The summed E-state index contributed by atoms with van der Waals surface area (Å²) in [6, 6.07) is 10.9. The quantitative estimate of drug-likeness (QED) is 0.823. The third-order valence-electron chi connectivity index (χ3n) is 2.81. The van der Waals surface area contributed by atoms with Crippen molar-refractivity contribution in [1.29, 1.82) is 0 Å². The van der Waals surface area contributed by atoms with Crippen LogP contribution < -0.4 is 5.73 Å². The van der Waals surface area contributed by atoms with Gasteiger partial charge in [0.1, 0.15) is 0 Å². The molecule has 0 fully saturated rings. The molecule has 0 saturated heterocycles. The minimum absolute atomic E-state index is 0. The van der Waals surface area contributed by atoms with Gasteiger partial charge in [0.15, 0.2) is 0 Å². The van der Waals surface area contributed by atoms with Crippen molar-refractivity contribution in [3.8, 4) is 0 Å². The average Bonchev–Trinajstić information content (AvgIpc) is 2.47. The fraction of sp³-hybridized carbons (Fsp3) is 0.417. The molecule has 0 aromatic heterocycles. The molecular formula is C12H17ClN2. The van der Waals surface area contributed by atoms with Crippen molar-refractivity contribution in [3.05, 3.63) is 35.9 Å². The Hall–Kier alpha value is -1.02. The van der Waals surface area contributed by atoms with Crippen LogP contribution in [-0.4, -0.2) is 11.9 Å². The molecular weight excluding hydrogens is 208 g/mol. The third-order valence-corrected chi connectivity index (χ3v) is 2.81. The van der Waals surface area contributed by atoms with E-state index in [-0.39, 0.29) is 12.4 Å². The minimum Gasteiger partial charge on any atom is -0.387 e. The molecule has 2 atom stereocenters. The summed E-state index contributed by atoms with van der Waals surface area (Å²) in [7, 11) is 0. The van der Waals surface area contributed by atoms with Crippen LogP contribution in [0.5, 0.6) is 0 Å². The molecule has 1 aliphatic rings. The van der Waals surface area contributed by atoms with Crippen molar-refractivity contribution in [2.45, 2.75) is 25.8 Å². The number of hydrogen-bond acceptors (Lipinski definition) is 2. The van der Waals surface area contributed by atoms with E-state index in [2.05, 4.69) is 36.2 Å². The van der Waals surface area contributed by atoms with E-state index in [1.54, 1.807) is 0 Å². The number of nitrogens with zero attached hydrogens (tertiary/aromatic N) is 1. The van der Waals surface area contributed by atoms with Gasteiger partial charge in [-0.05, 0) is 17.9 Å². The fourth-order valence-electron chi connectivity index (χ4n) is 1.96. The Morgan fingerprint density at radius 1 is 1.33 bits per heavy atom. The topological polar surface area (TPSA) is 38.4 Å². The Morgan fingerprint density at radius 3 is 2.53 bits per heavy atom. The highest BCUT2D eigenvalue weighted by Crippen LogP contribution is 2.22. The molecule has 0 aliphatic carbocycles. The zero-order valence-electron chi connectivity index (χ0n) is 8.89. The molecule has 1 aromatic rings. The van der Waals surface area contributed by atoms with Crippen LogP contribution in [0, 0.1) is 5.92 Å². The van der Waals surface area contributed by atoms with Gasteiger partial charge in [-0.2, -0.15) is 0 Å². The van der Waals surface area contributed by atoms with Crippen LogP contribution >= 0.6 is 12.4 Å². The normalized spacial score (nSPS) is 24.5. The van der Waals surface area contributed by atoms with E-state index in [0.717, 1.165) is 18.7 Å². The lowest BCUT2D eigenvalue weighted by Crippen LogP contribution is -2.13. The van der Waals surface area contributed by atoms with Crippen molar-refractivity contribution in [3.63, 3.8) is 0 Å². The van der Waals surface area contributed by atoms with Gasteiger partial charge in [0.25, 0.3) is 0 Å². The van der Waals surface area contributed by atoms with Gasteiger partial charge in [-0.25, -0.2) is 0 Å². The first-order valence-electron chi connectivity index (χ1n) is 5.12. The second-order valence-electron chi connectivity index (χ2n) is 4.06. The van der Waals surface area contributed by atoms with E-state index in [0.29, 0.717) is 12.0 Å². The van der Waals surface area contributed by atoms with Crippen LogP contribution in [0.2, 0.25) is 0 Å². The molecule has 1 aliphatic heterocycles. The van der Waals surface area contributed by atoms with E-state index in [1.807, 2.05) is 6.07 Å². The SMILES string of the molecule is CC1CC(N)=NC1Cc1ccccc1.Cl. The lowest BCUT2D eigenvalue weighted by Gasteiger charge is -2.12. The van der Waals surface area contributed by atoms with Crippen LogP contribution in [0.3, 0.4) is 0 Å². The zero-order valence-corrected chi connectivity index (χ0v) is 9.70. The van der Waals surface area contributed by atoms with Crippen LogP contribution in [0.1, 0.15) is 18.9 Å². The summed E-state index contributed by atoms with van der Waals surface area (Å²) in [4.78, 5) is 4.46. The predicted octanol–water partition coefficient (Wildman–Crippen LogP) is 2.42. The molecule has 15 heavy (non-hydrogen) atoms. The monoisotopic (exact) mass is 224 g/mol. The first-order chi connectivity index (χ1) is 6.75. The summed E-state index contributed by atoms with van der Waals surface area (Å²) in [5.74, 6) is 1.41. The maximum absolute atomic E-state index is 5.72. The van der Waals surface area contributed by atoms with Crippen molar-refractivity contribution in [1.82, 2.24) is 0 Å². The van der Waals surface area contributed by atoms with Crippen LogP contribution in [0.25, 0.3) is 0 Å². The van der Waals surface area contributed by atoms with Crippen molar-refractivity contribution in [2.75, 3.05) is 0 Å². The van der Waals surface area contributed by atoms with Gasteiger partial charge in [-0.1, -0.05) is 37.3 Å². The molecule has 2 N–H and O–H groups in total. The second-order valence-corrected chi connectivity index (χ2v) is 4.06. The Bertz CT molecular complexity index is 335. The smallest absolute Gasteiger partial charge is 0.0944 e. The summed E-state index contributed by atoms with van der Waals surface area (Å²) < 4.78 is 0. The Labute approximate surface area is 97.0 Å². The van der Waals surface area contributed by atoms with E-state index in [1.165, 1.54) is 5.56 Å². The highest BCUT2D eigenvalue weighted by molar-refractivity contribution is 5.85. The number of benzene rings is 1. The lowest BCUT2D eigenvalue weighted by molar-refractivity contribution is 0.502. The summed E-state index contributed by atoms with van der Waals surface area (Å²) in [5.41, 5.74) is 7.07. The molecule has 2 nitrogen and oxygen atoms in total. The summed E-state index contributed by atoms with van der Waals surface area (Å²) in [5, 5.41) is 0. The molecule has 0 bridgehead atoms. The summed E-state index contributed by atoms with van der Waals surface area (Å²) in [6.07, 6.45) is 1.97. The molecule has 0 spiro atoms. The first kappa shape index (κ1) is 12.1. The number of nitrogens with two attached hydrogens (primary N) is 1. The van der Waals surface area contributed by atoms with Gasteiger partial charge in [0.2, 0.25) is 0 Å². The molecule has 0 radical (unpaired) electrons. The molecule has 0 saturated carbocycles. The number of aliphatic imine (C=N–C) groups is 1. The van der Waals surface area contributed by atoms with E-state index in [4.69, 9.17) is 5.73 Å². The molecule has 1 aromatic carbocycles. The number of rotatable bonds is 2. The molecule has 2 unspecified atom stereocenters. The zero-order chi connectivity index (χ0) is 9.97. The highest BCUT2D eigenvalue weighted by Gasteiger charge is 2.23.